The number of carbonyl (C=O) groups is 2. The maximum Gasteiger partial charge on any atom is 0.335 e. The van der Waals surface area contributed by atoms with Crippen molar-refractivity contribution in [2.24, 2.45) is 0 Å². The zero-order chi connectivity index (χ0) is 16.1. The van der Waals surface area contributed by atoms with Gasteiger partial charge < -0.3 is 19.6 Å². The molecule has 0 aliphatic rings. The molecule has 0 radical (unpaired) electrons. The van der Waals surface area contributed by atoms with Crippen LogP contribution in [-0.2, 0) is 6.42 Å². The van der Waals surface area contributed by atoms with Gasteiger partial charge in [0, 0.05) is 6.42 Å². The van der Waals surface area contributed by atoms with E-state index in [1.54, 1.807) is 6.07 Å². The molecule has 2 aromatic rings. The molecule has 0 bridgehead atoms. The van der Waals surface area contributed by atoms with E-state index in [4.69, 9.17) is 14.3 Å². The molecule has 1 heterocycles. The van der Waals surface area contributed by atoms with E-state index in [-0.39, 0.29) is 17.2 Å². The molecule has 116 valence electrons. The molecular weight excluding hydrogens is 286 g/mol. The lowest BCUT2D eigenvalue weighted by atomic mass is 10.1. The number of hydrogen-bond donors (Lipinski definition) is 2. The van der Waals surface area contributed by atoms with E-state index in [0.29, 0.717) is 23.4 Å². The standard InChI is InChI=1S/C16H17NO5/c1-3-4-13-11(7-8-22-13)15(18)17-12-6-5-10(16(19)20)9-14(12)21-2/h5-9H,3-4H2,1-2H3,(H,17,18)(H,19,20). The molecule has 6 heteroatoms. The summed E-state index contributed by atoms with van der Waals surface area (Å²) in [6.45, 7) is 2.00. The molecule has 0 saturated carbocycles. The molecule has 1 aromatic carbocycles. The van der Waals surface area contributed by atoms with E-state index in [9.17, 15) is 9.59 Å². The molecule has 6 nitrogen and oxygen atoms in total. The predicted octanol–water partition coefficient (Wildman–Crippen LogP) is 3.19. The fraction of sp³-hybridized carbons (Fsp3) is 0.250. The van der Waals surface area contributed by atoms with Crippen LogP contribution in [0, 0.1) is 0 Å². The van der Waals surface area contributed by atoms with Gasteiger partial charge in [0.25, 0.3) is 5.91 Å². The topological polar surface area (TPSA) is 88.8 Å². The van der Waals surface area contributed by atoms with Gasteiger partial charge in [0.05, 0.1) is 30.2 Å². The van der Waals surface area contributed by atoms with Crippen LogP contribution in [-0.4, -0.2) is 24.1 Å². The van der Waals surface area contributed by atoms with Gasteiger partial charge in [-0.1, -0.05) is 6.92 Å². The van der Waals surface area contributed by atoms with Crippen LogP contribution in [0.1, 0.15) is 39.8 Å². The third kappa shape index (κ3) is 3.28. The Morgan fingerprint density at radius 3 is 2.73 bits per heavy atom. The van der Waals surface area contributed by atoms with Crippen molar-refractivity contribution in [1.82, 2.24) is 0 Å². The number of carbonyl (C=O) groups excluding carboxylic acids is 1. The Balaban J connectivity index is 2.24. The number of carboxylic acid groups (broad SMARTS) is 1. The van der Waals surface area contributed by atoms with Crippen LogP contribution >= 0.6 is 0 Å². The first kappa shape index (κ1) is 15.6. The van der Waals surface area contributed by atoms with E-state index in [2.05, 4.69) is 5.32 Å². The number of methoxy groups -OCH3 is 1. The summed E-state index contributed by atoms with van der Waals surface area (Å²) in [6, 6.07) is 5.88. The second-order valence-electron chi connectivity index (χ2n) is 4.68. The summed E-state index contributed by atoms with van der Waals surface area (Å²) in [6.07, 6.45) is 3.01. The van der Waals surface area contributed by atoms with Crippen molar-refractivity contribution in [3.8, 4) is 5.75 Å². The molecule has 22 heavy (non-hydrogen) atoms. The number of nitrogens with one attached hydrogen (secondary N) is 1. The zero-order valence-electron chi connectivity index (χ0n) is 12.4. The SMILES string of the molecule is CCCc1occc1C(=O)Nc1ccc(C(=O)O)cc1OC. The van der Waals surface area contributed by atoms with Crippen LogP contribution in [0.4, 0.5) is 5.69 Å². The monoisotopic (exact) mass is 303 g/mol. The summed E-state index contributed by atoms with van der Waals surface area (Å²) in [5.74, 6) is -0.468. The molecule has 2 N–H and O–H groups in total. The Kier molecular flexibility index (Phi) is 4.83. The Morgan fingerprint density at radius 1 is 1.32 bits per heavy atom. The highest BCUT2D eigenvalue weighted by molar-refractivity contribution is 6.06. The molecule has 1 amide bonds. The normalized spacial score (nSPS) is 10.3. The van der Waals surface area contributed by atoms with E-state index in [1.807, 2.05) is 6.92 Å². The highest BCUT2D eigenvalue weighted by Crippen LogP contribution is 2.26. The second kappa shape index (κ2) is 6.80. The molecule has 0 spiro atoms. The van der Waals surface area contributed by atoms with Crippen LogP contribution in [0.15, 0.2) is 34.9 Å². The number of rotatable bonds is 6. The van der Waals surface area contributed by atoms with Crippen molar-refractivity contribution in [1.29, 1.82) is 0 Å². The highest BCUT2D eigenvalue weighted by atomic mass is 16.5. The molecule has 0 aliphatic carbocycles. The first-order valence-electron chi connectivity index (χ1n) is 6.85. The lowest BCUT2D eigenvalue weighted by Crippen LogP contribution is -2.14. The van der Waals surface area contributed by atoms with Crippen molar-refractivity contribution in [2.45, 2.75) is 19.8 Å². The minimum atomic E-state index is -1.06. The van der Waals surface area contributed by atoms with Gasteiger partial charge in [-0.3, -0.25) is 4.79 Å². The molecular formula is C16H17NO5. The Morgan fingerprint density at radius 2 is 2.09 bits per heavy atom. The quantitative estimate of drug-likeness (QED) is 0.855. The number of hydrogen-bond acceptors (Lipinski definition) is 4. The van der Waals surface area contributed by atoms with Crippen LogP contribution in [0.25, 0.3) is 0 Å². The summed E-state index contributed by atoms with van der Waals surface area (Å²) in [4.78, 5) is 23.3. The van der Waals surface area contributed by atoms with Gasteiger partial charge in [0.2, 0.25) is 0 Å². The van der Waals surface area contributed by atoms with Crippen LogP contribution in [0.2, 0.25) is 0 Å². The van der Waals surface area contributed by atoms with E-state index >= 15 is 0 Å². The Hall–Kier alpha value is -2.76. The summed E-state index contributed by atoms with van der Waals surface area (Å²) in [7, 11) is 1.41. The molecule has 0 saturated heterocycles. The smallest absolute Gasteiger partial charge is 0.335 e. The maximum atomic E-state index is 12.3. The van der Waals surface area contributed by atoms with Gasteiger partial charge in [0.1, 0.15) is 11.5 Å². The summed E-state index contributed by atoms with van der Waals surface area (Å²) in [5, 5.41) is 11.7. The van der Waals surface area contributed by atoms with Gasteiger partial charge in [-0.2, -0.15) is 0 Å². The summed E-state index contributed by atoms with van der Waals surface area (Å²) in [5.41, 5.74) is 0.956. The van der Waals surface area contributed by atoms with Crippen molar-refractivity contribution < 1.29 is 23.8 Å². The zero-order valence-corrected chi connectivity index (χ0v) is 12.4. The van der Waals surface area contributed by atoms with E-state index < -0.39 is 5.97 Å². The van der Waals surface area contributed by atoms with Crippen molar-refractivity contribution in [3.05, 3.63) is 47.4 Å². The van der Waals surface area contributed by atoms with Gasteiger partial charge in [-0.05, 0) is 30.7 Å². The van der Waals surface area contributed by atoms with Crippen LogP contribution < -0.4 is 10.1 Å². The number of furan rings is 1. The largest absolute Gasteiger partial charge is 0.495 e. The van der Waals surface area contributed by atoms with Gasteiger partial charge in [0.15, 0.2) is 0 Å². The fourth-order valence-corrected chi connectivity index (χ4v) is 2.08. The molecule has 0 fully saturated rings. The highest BCUT2D eigenvalue weighted by Gasteiger charge is 2.16. The Bertz CT molecular complexity index is 690. The molecule has 0 aliphatic heterocycles. The number of aromatic carboxylic acids is 1. The predicted molar refractivity (Wildman–Crippen MR) is 80.6 cm³/mol. The molecule has 0 unspecified atom stereocenters. The minimum Gasteiger partial charge on any atom is -0.495 e. The van der Waals surface area contributed by atoms with Crippen LogP contribution in [0.5, 0.6) is 5.75 Å². The first-order valence-corrected chi connectivity index (χ1v) is 6.85. The number of carboxylic acids is 1. The third-order valence-electron chi connectivity index (χ3n) is 3.16. The maximum absolute atomic E-state index is 12.3. The number of benzene rings is 1. The number of amides is 1. The minimum absolute atomic E-state index is 0.0878. The van der Waals surface area contributed by atoms with Crippen molar-refractivity contribution in [3.63, 3.8) is 0 Å². The summed E-state index contributed by atoms with van der Waals surface area (Å²) < 4.78 is 10.4. The van der Waals surface area contributed by atoms with E-state index in [0.717, 1.165) is 6.42 Å². The number of anilines is 1. The van der Waals surface area contributed by atoms with Gasteiger partial charge in [-0.25, -0.2) is 4.79 Å². The average Bonchev–Trinajstić information content (AvgIpc) is 2.96. The Labute approximate surface area is 127 Å². The molecule has 2 rings (SSSR count). The lowest BCUT2D eigenvalue weighted by molar-refractivity contribution is 0.0696. The van der Waals surface area contributed by atoms with Crippen molar-refractivity contribution in [2.75, 3.05) is 12.4 Å². The van der Waals surface area contributed by atoms with E-state index in [1.165, 1.54) is 31.6 Å². The summed E-state index contributed by atoms with van der Waals surface area (Å²) >= 11 is 0. The van der Waals surface area contributed by atoms with Crippen LogP contribution in [0.3, 0.4) is 0 Å². The fourth-order valence-electron chi connectivity index (χ4n) is 2.08. The number of ether oxygens (including phenoxy) is 1. The third-order valence-corrected chi connectivity index (χ3v) is 3.16. The molecule has 0 atom stereocenters. The average molecular weight is 303 g/mol. The first-order chi connectivity index (χ1) is 10.6. The lowest BCUT2D eigenvalue weighted by Gasteiger charge is -2.11. The van der Waals surface area contributed by atoms with Crippen molar-refractivity contribution >= 4 is 17.6 Å². The second-order valence-corrected chi connectivity index (χ2v) is 4.68. The number of aryl methyl sites for hydroxylation is 1. The van der Waals surface area contributed by atoms with Gasteiger partial charge >= 0.3 is 5.97 Å². The molecule has 1 aromatic heterocycles. The van der Waals surface area contributed by atoms with Gasteiger partial charge in [-0.15, -0.1) is 0 Å².